The van der Waals surface area contributed by atoms with Gasteiger partial charge in [0.1, 0.15) is 11.4 Å². The van der Waals surface area contributed by atoms with Crippen molar-refractivity contribution in [2.75, 3.05) is 13.1 Å². The van der Waals surface area contributed by atoms with Crippen LogP contribution in [0.3, 0.4) is 0 Å². The van der Waals surface area contributed by atoms with E-state index in [0.717, 1.165) is 30.8 Å². The average molecular weight is 291 g/mol. The molecule has 0 spiro atoms. The van der Waals surface area contributed by atoms with Crippen LogP contribution in [0.15, 0.2) is 22.6 Å². The summed E-state index contributed by atoms with van der Waals surface area (Å²) in [5, 5.41) is 2.45. The highest BCUT2D eigenvalue weighted by Gasteiger charge is 2.17. The molecule has 1 saturated heterocycles. The van der Waals surface area contributed by atoms with Crippen LogP contribution in [0.5, 0.6) is 0 Å². The molecule has 0 unspecified atom stereocenters. The molecule has 0 atom stereocenters. The fourth-order valence-electron chi connectivity index (χ4n) is 2.57. The Labute approximate surface area is 120 Å². The van der Waals surface area contributed by atoms with Gasteiger partial charge in [-0.1, -0.05) is 12.8 Å². The predicted octanol–water partition coefficient (Wildman–Crippen LogP) is 1.86. The number of aromatic nitrogens is 2. The van der Waals surface area contributed by atoms with E-state index in [1.807, 2.05) is 10.3 Å². The third kappa shape index (κ3) is 2.60. The van der Waals surface area contributed by atoms with E-state index in [1.165, 1.54) is 35.1 Å². The van der Waals surface area contributed by atoms with E-state index in [2.05, 4.69) is 4.98 Å². The molecule has 0 aromatic carbocycles. The first-order valence-corrected chi connectivity index (χ1v) is 7.84. The summed E-state index contributed by atoms with van der Waals surface area (Å²) in [7, 11) is 0. The van der Waals surface area contributed by atoms with Gasteiger partial charge in [-0.05, 0) is 24.3 Å². The Morgan fingerprint density at radius 3 is 2.75 bits per heavy atom. The van der Waals surface area contributed by atoms with Crippen molar-refractivity contribution in [3.8, 4) is 0 Å². The summed E-state index contributed by atoms with van der Waals surface area (Å²) in [6, 6.07) is 1.77. The third-order valence-electron chi connectivity index (χ3n) is 3.71. The Morgan fingerprint density at radius 1 is 1.25 bits per heavy atom. The largest absolute Gasteiger partial charge is 0.341 e. The Balaban J connectivity index is 1.79. The van der Waals surface area contributed by atoms with Crippen molar-refractivity contribution >= 4 is 27.5 Å². The second-order valence-corrected chi connectivity index (χ2v) is 6.01. The lowest BCUT2D eigenvalue weighted by Crippen LogP contribution is -2.37. The first kappa shape index (κ1) is 13.3. The normalized spacial score (nSPS) is 16.3. The maximum atomic E-state index is 12.3. The minimum absolute atomic E-state index is 0.0189. The molecule has 0 N–H and O–H groups in total. The maximum Gasteiger partial charge on any atom is 0.262 e. The van der Waals surface area contributed by atoms with Crippen molar-refractivity contribution in [1.82, 2.24) is 14.5 Å². The van der Waals surface area contributed by atoms with Crippen LogP contribution in [0, 0.1) is 0 Å². The van der Waals surface area contributed by atoms with Gasteiger partial charge in [-0.15, -0.1) is 11.3 Å². The summed E-state index contributed by atoms with van der Waals surface area (Å²) >= 11 is 1.44. The van der Waals surface area contributed by atoms with Crippen LogP contribution >= 0.6 is 11.3 Å². The fraction of sp³-hybridized carbons (Fsp3) is 0.500. The van der Waals surface area contributed by atoms with Crippen LogP contribution in [0.4, 0.5) is 0 Å². The van der Waals surface area contributed by atoms with Gasteiger partial charge in [0, 0.05) is 13.1 Å². The second-order valence-electron chi connectivity index (χ2n) is 5.11. The molecule has 1 amide bonds. The quantitative estimate of drug-likeness (QED) is 0.848. The molecule has 20 heavy (non-hydrogen) atoms. The Morgan fingerprint density at radius 2 is 2.00 bits per heavy atom. The van der Waals surface area contributed by atoms with E-state index < -0.39 is 0 Å². The molecule has 0 radical (unpaired) electrons. The zero-order valence-corrected chi connectivity index (χ0v) is 12.1. The van der Waals surface area contributed by atoms with E-state index in [9.17, 15) is 9.59 Å². The fourth-order valence-corrected chi connectivity index (χ4v) is 3.30. The highest BCUT2D eigenvalue weighted by atomic mass is 32.1. The van der Waals surface area contributed by atoms with Gasteiger partial charge in [-0.25, -0.2) is 4.98 Å². The Hall–Kier alpha value is -1.69. The lowest BCUT2D eigenvalue weighted by molar-refractivity contribution is -0.131. The molecule has 2 aromatic rings. The van der Waals surface area contributed by atoms with Gasteiger partial charge in [0.25, 0.3) is 5.56 Å². The third-order valence-corrected chi connectivity index (χ3v) is 4.54. The zero-order valence-electron chi connectivity index (χ0n) is 11.2. The molecule has 0 aliphatic carbocycles. The summed E-state index contributed by atoms with van der Waals surface area (Å²) in [5.41, 5.74) is -0.126. The van der Waals surface area contributed by atoms with Gasteiger partial charge < -0.3 is 4.90 Å². The topological polar surface area (TPSA) is 55.2 Å². The highest BCUT2D eigenvalue weighted by molar-refractivity contribution is 7.16. The molecule has 0 bridgehead atoms. The lowest BCUT2D eigenvalue weighted by atomic mass is 10.2. The lowest BCUT2D eigenvalue weighted by Gasteiger charge is -2.20. The number of thiophene rings is 1. The summed E-state index contributed by atoms with van der Waals surface area (Å²) in [5.74, 6) is 0.0189. The molecule has 3 rings (SSSR count). The number of carbonyl (C=O) groups excluding carboxylic acids is 1. The molecule has 0 saturated carbocycles. The van der Waals surface area contributed by atoms with Crippen LogP contribution < -0.4 is 5.56 Å². The molecule has 1 aliphatic heterocycles. The zero-order chi connectivity index (χ0) is 13.9. The predicted molar refractivity (Wildman–Crippen MR) is 78.9 cm³/mol. The smallest absolute Gasteiger partial charge is 0.262 e. The number of fused-ring (bicyclic) bond motifs is 1. The van der Waals surface area contributed by atoms with Crippen LogP contribution in [-0.4, -0.2) is 33.4 Å². The molecule has 1 aliphatic rings. The average Bonchev–Trinajstić information content (AvgIpc) is 2.76. The van der Waals surface area contributed by atoms with E-state index in [1.54, 1.807) is 6.07 Å². The summed E-state index contributed by atoms with van der Waals surface area (Å²) in [4.78, 5) is 31.4. The van der Waals surface area contributed by atoms with Crippen molar-refractivity contribution < 1.29 is 4.79 Å². The molecular weight excluding hydrogens is 274 g/mol. The van der Waals surface area contributed by atoms with Crippen molar-refractivity contribution in [2.45, 2.75) is 32.2 Å². The number of hydrogen-bond acceptors (Lipinski definition) is 4. The number of nitrogens with zero attached hydrogens (tertiary/aromatic N) is 3. The second kappa shape index (κ2) is 5.75. The monoisotopic (exact) mass is 291 g/mol. The molecule has 1 fully saturated rings. The van der Waals surface area contributed by atoms with Gasteiger partial charge in [0.2, 0.25) is 5.91 Å². The number of hydrogen-bond donors (Lipinski definition) is 0. The van der Waals surface area contributed by atoms with Crippen LogP contribution in [0.25, 0.3) is 10.2 Å². The number of likely N-dealkylation sites (tertiary alicyclic amines) is 1. The highest BCUT2D eigenvalue weighted by Crippen LogP contribution is 2.14. The molecule has 6 heteroatoms. The molecule has 2 aromatic heterocycles. The minimum Gasteiger partial charge on any atom is -0.341 e. The SMILES string of the molecule is O=C(Cn1cnc2sccc2c1=O)N1CCCCCC1. The molecule has 106 valence electrons. The van der Waals surface area contributed by atoms with E-state index >= 15 is 0 Å². The van der Waals surface area contributed by atoms with E-state index in [4.69, 9.17) is 0 Å². The number of amides is 1. The van der Waals surface area contributed by atoms with Gasteiger partial charge in [-0.2, -0.15) is 0 Å². The molecular formula is C14H17N3O2S. The Kier molecular flexibility index (Phi) is 3.82. The molecule has 5 nitrogen and oxygen atoms in total. The van der Waals surface area contributed by atoms with E-state index in [-0.39, 0.29) is 18.0 Å². The first-order valence-electron chi connectivity index (χ1n) is 6.96. The summed E-state index contributed by atoms with van der Waals surface area (Å²) in [6.45, 7) is 1.71. The van der Waals surface area contributed by atoms with Crippen molar-refractivity contribution in [2.24, 2.45) is 0 Å². The van der Waals surface area contributed by atoms with Gasteiger partial charge in [-0.3, -0.25) is 14.2 Å². The minimum atomic E-state index is -0.126. The van der Waals surface area contributed by atoms with Crippen LogP contribution in [0.2, 0.25) is 0 Å². The van der Waals surface area contributed by atoms with E-state index in [0.29, 0.717) is 5.39 Å². The van der Waals surface area contributed by atoms with Crippen molar-refractivity contribution in [3.05, 3.63) is 28.1 Å². The number of rotatable bonds is 2. The van der Waals surface area contributed by atoms with Crippen LogP contribution in [0.1, 0.15) is 25.7 Å². The summed E-state index contributed by atoms with van der Waals surface area (Å²) < 4.78 is 1.42. The maximum absolute atomic E-state index is 12.3. The van der Waals surface area contributed by atoms with Crippen molar-refractivity contribution in [3.63, 3.8) is 0 Å². The Bertz CT molecular complexity index is 668. The van der Waals surface area contributed by atoms with Crippen LogP contribution in [-0.2, 0) is 11.3 Å². The van der Waals surface area contributed by atoms with Gasteiger partial charge >= 0.3 is 0 Å². The standard InChI is InChI=1S/C14H17N3O2S/c18-12(16-6-3-1-2-4-7-16)9-17-10-15-13-11(14(17)19)5-8-20-13/h5,8,10H,1-4,6-7,9H2. The first-order chi connectivity index (χ1) is 9.75. The van der Waals surface area contributed by atoms with Gasteiger partial charge in [0.05, 0.1) is 11.7 Å². The summed E-state index contributed by atoms with van der Waals surface area (Å²) in [6.07, 6.45) is 5.97. The van der Waals surface area contributed by atoms with Crippen molar-refractivity contribution in [1.29, 1.82) is 0 Å². The molecule has 3 heterocycles. The van der Waals surface area contributed by atoms with Gasteiger partial charge in [0.15, 0.2) is 0 Å². The number of carbonyl (C=O) groups is 1.